The Morgan fingerprint density at radius 2 is 1.14 bits per heavy atom. The number of carbonyl (C=O) groups excluding carboxylic acids is 2. The quantitative estimate of drug-likeness (QED) is 0.0797. The van der Waals surface area contributed by atoms with Crippen molar-refractivity contribution in [3.05, 3.63) is 245 Å². The smallest absolute Gasteiger partial charge is 0.266 e. The molecule has 0 atom stereocenters. The number of hydrogen-bond donors (Lipinski definition) is 1. The number of amidine groups is 1. The van der Waals surface area contributed by atoms with E-state index in [4.69, 9.17) is 51.4 Å². The molecule has 0 unspecified atom stereocenters. The van der Waals surface area contributed by atoms with E-state index in [1.807, 2.05) is 159 Å². The molecule has 0 saturated carbocycles. The standard InChI is InChI=1S/C24H18N2O2.C22H12N2O.C18H6Cl4N2O/c1-14-7-9-15(10-8-14)25-19-11-12-20-22-18(13-21(27)26(20)2)16-5-3-4-6-17(16)24(28)23(19)22;25-22-16-10-2-6-13-5-1-9-15(19(13)16)21-23-17-11-3-7-14-8-4-12-18(20(14)17)24(21)22;19-13-11-12(14(20)16(22)15(13)21)18(25)24-9-6-2-4-7-3-1-5-8(10(7)9)23-17(11)24/h3-13,25H,1-2H3;1-12H;1-6H. The fraction of sp³-hybridized carbons (Fsp3) is 0.0312. The van der Waals surface area contributed by atoms with Crippen molar-refractivity contribution < 1.29 is 9.59 Å². The molecule has 0 radical (unpaired) electrons. The first kappa shape index (κ1) is 47.5. The van der Waals surface area contributed by atoms with E-state index >= 15 is 0 Å². The minimum atomic E-state index is -0.318. The Labute approximate surface area is 462 Å². The lowest BCUT2D eigenvalue weighted by Crippen LogP contribution is -2.31. The summed E-state index contributed by atoms with van der Waals surface area (Å²) in [6.07, 6.45) is 0. The number of ketones is 1. The molecule has 0 bridgehead atoms. The molecule has 0 saturated heterocycles. The van der Waals surface area contributed by atoms with Crippen molar-refractivity contribution >= 4 is 157 Å². The molecular weight excluding hydrogens is 1060 g/mol. The molecule has 5 heterocycles. The van der Waals surface area contributed by atoms with Gasteiger partial charge in [-0.05, 0) is 88.8 Å². The fourth-order valence-corrected chi connectivity index (χ4v) is 12.4. The third-order valence-electron chi connectivity index (χ3n) is 15.0. The van der Waals surface area contributed by atoms with Crippen molar-refractivity contribution in [2.45, 2.75) is 6.92 Å². The summed E-state index contributed by atoms with van der Waals surface area (Å²) >= 11 is 25.0. The van der Waals surface area contributed by atoms with Crippen molar-refractivity contribution in [3.8, 4) is 11.1 Å². The Kier molecular flexibility index (Phi) is 10.9. The predicted octanol–water partition coefficient (Wildman–Crippen LogP) is 16.1. The molecule has 10 nitrogen and oxygen atoms in total. The van der Waals surface area contributed by atoms with Gasteiger partial charge in [-0.3, -0.25) is 28.5 Å². The monoisotopic (exact) mass is 1090 g/mol. The number of hydrogen-bond acceptors (Lipinski definition) is 7. The summed E-state index contributed by atoms with van der Waals surface area (Å²) in [5.41, 5.74) is 11.1. The lowest BCUT2D eigenvalue weighted by molar-refractivity contribution is 0.101. The van der Waals surface area contributed by atoms with Crippen LogP contribution in [0.1, 0.15) is 37.4 Å². The molecule has 3 aliphatic rings. The first-order valence-corrected chi connectivity index (χ1v) is 26.3. The molecule has 3 aromatic heterocycles. The van der Waals surface area contributed by atoms with Crippen LogP contribution in [0.25, 0.3) is 81.8 Å². The van der Waals surface area contributed by atoms with Crippen molar-refractivity contribution in [1.29, 1.82) is 0 Å². The number of pyridine rings is 2. The predicted molar refractivity (Wildman–Crippen MR) is 319 cm³/mol. The van der Waals surface area contributed by atoms with E-state index in [0.29, 0.717) is 22.5 Å². The van der Waals surface area contributed by atoms with Crippen LogP contribution in [0, 0.1) is 6.92 Å². The van der Waals surface area contributed by atoms with E-state index in [2.05, 4.69) is 28.5 Å². The van der Waals surface area contributed by atoms with Crippen LogP contribution in [-0.4, -0.2) is 31.5 Å². The largest absolute Gasteiger partial charge is 0.355 e. The van der Waals surface area contributed by atoms with Crippen molar-refractivity contribution in [2.75, 3.05) is 10.2 Å². The third-order valence-corrected chi connectivity index (χ3v) is 16.8. The van der Waals surface area contributed by atoms with Gasteiger partial charge in [-0.15, -0.1) is 0 Å². The Morgan fingerprint density at radius 3 is 1.88 bits per heavy atom. The minimum absolute atomic E-state index is 0.00921. The van der Waals surface area contributed by atoms with E-state index in [0.717, 1.165) is 105 Å². The third kappa shape index (κ3) is 6.97. The van der Waals surface area contributed by atoms with E-state index in [1.54, 1.807) is 22.1 Å². The summed E-state index contributed by atoms with van der Waals surface area (Å²) in [6, 6.07) is 56.7. The number of carbonyl (C=O) groups is 2. The zero-order valence-corrected chi connectivity index (χ0v) is 44.1. The van der Waals surface area contributed by atoms with Gasteiger partial charge in [-0.1, -0.05) is 167 Å². The van der Waals surface area contributed by atoms with Gasteiger partial charge in [-0.25, -0.2) is 9.98 Å². The van der Waals surface area contributed by atoms with Crippen LogP contribution in [0.15, 0.2) is 191 Å². The first-order valence-electron chi connectivity index (χ1n) is 24.8. The second-order valence-corrected chi connectivity index (χ2v) is 20.9. The normalized spacial score (nSPS) is 12.9. The minimum Gasteiger partial charge on any atom is -0.355 e. The molecule has 13 aromatic rings. The van der Waals surface area contributed by atoms with Crippen LogP contribution >= 0.6 is 46.4 Å². The summed E-state index contributed by atoms with van der Waals surface area (Å²) in [6.45, 7) is 2.04. The molecular formula is C64H36Cl4N6O4. The summed E-state index contributed by atoms with van der Waals surface area (Å²) in [7, 11) is 1.74. The van der Waals surface area contributed by atoms with Gasteiger partial charge in [-0.2, -0.15) is 0 Å². The summed E-state index contributed by atoms with van der Waals surface area (Å²) in [4.78, 5) is 63.5. The van der Waals surface area contributed by atoms with Crippen molar-refractivity contribution in [2.24, 2.45) is 12.0 Å². The highest BCUT2D eigenvalue weighted by atomic mass is 35.5. The molecule has 14 heteroatoms. The number of nitrogens with zero attached hydrogens (tertiary/aromatic N) is 5. The molecule has 0 fully saturated rings. The number of benzene rings is 10. The lowest BCUT2D eigenvalue weighted by Gasteiger charge is -2.24. The van der Waals surface area contributed by atoms with Gasteiger partial charge >= 0.3 is 0 Å². The maximum Gasteiger partial charge on any atom is 0.266 e. The van der Waals surface area contributed by atoms with Crippen molar-refractivity contribution in [1.82, 2.24) is 14.0 Å². The topological polar surface area (TPSA) is 118 Å². The Bertz CT molecular complexity index is 5000. The number of anilines is 3. The number of nitrogens with one attached hydrogen (secondary N) is 1. The van der Waals surface area contributed by atoms with Crippen LogP contribution in [0.3, 0.4) is 0 Å². The van der Waals surface area contributed by atoms with Gasteiger partial charge in [0, 0.05) is 56.7 Å². The van der Waals surface area contributed by atoms with Gasteiger partial charge in [0.25, 0.3) is 17.0 Å². The summed E-state index contributed by atoms with van der Waals surface area (Å²) < 4.78 is 3.37. The van der Waals surface area contributed by atoms with Crippen LogP contribution < -0.4 is 21.3 Å². The lowest BCUT2D eigenvalue weighted by atomic mass is 9.83. The highest BCUT2D eigenvalue weighted by molar-refractivity contribution is 6.57. The van der Waals surface area contributed by atoms with Crippen LogP contribution in [-0.2, 0) is 7.05 Å². The maximum atomic E-state index is 13.4. The average Bonchev–Trinajstić information content (AvgIpc) is 3.97. The fourth-order valence-electron chi connectivity index (χ4n) is 11.4. The molecule has 1 amide bonds. The van der Waals surface area contributed by atoms with Gasteiger partial charge in [0.1, 0.15) is 5.65 Å². The Morgan fingerprint density at radius 1 is 0.513 bits per heavy atom. The highest BCUT2D eigenvalue weighted by Gasteiger charge is 2.43. The number of amides is 1. The maximum absolute atomic E-state index is 13.4. The number of rotatable bonds is 2. The van der Waals surface area contributed by atoms with Crippen LogP contribution in [0.5, 0.6) is 0 Å². The van der Waals surface area contributed by atoms with Crippen LogP contribution in [0.4, 0.5) is 22.7 Å². The van der Waals surface area contributed by atoms with Gasteiger partial charge in [0.05, 0.1) is 70.4 Å². The van der Waals surface area contributed by atoms with Crippen molar-refractivity contribution in [3.63, 3.8) is 0 Å². The van der Waals surface area contributed by atoms with Crippen LogP contribution in [0.2, 0.25) is 20.1 Å². The second-order valence-electron chi connectivity index (χ2n) is 19.4. The SMILES string of the molecule is Cc1ccc(Nc2ccc3c4c(cc(=O)n3C)-c3ccccc3C(=O)c24)cc1.O=C1c2c(Cl)c(Cl)c(Cl)c(Cl)c2C2=Nc3cccc4cccc(c34)N12.O=c1c2cccc3cccc(c32)c2nc3cccc4cccc(c43)n12. The Balaban J connectivity index is 0.000000106. The average molecular weight is 1090 g/mol. The van der Waals surface area contributed by atoms with E-state index in [1.165, 1.54) is 10.5 Å². The summed E-state index contributed by atoms with van der Waals surface area (Å²) in [5, 5.41) is 12.5. The molecule has 1 aliphatic carbocycles. The second kappa shape index (κ2) is 17.8. The number of fused-ring (bicyclic) bond motifs is 9. The van der Waals surface area contributed by atoms with E-state index in [-0.39, 0.29) is 48.5 Å². The molecule has 1 N–H and O–H groups in total. The van der Waals surface area contributed by atoms with Gasteiger partial charge in [0.15, 0.2) is 11.6 Å². The molecule has 10 aromatic carbocycles. The number of aliphatic imine (C=N–C) groups is 1. The van der Waals surface area contributed by atoms with Gasteiger partial charge < -0.3 is 9.88 Å². The molecule has 0 spiro atoms. The zero-order chi connectivity index (χ0) is 53.4. The molecule has 16 rings (SSSR count). The zero-order valence-electron chi connectivity index (χ0n) is 41.1. The number of aromatic nitrogens is 3. The number of halogens is 4. The first-order chi connectivity index (χ1) is 37.9. The van der Waals surface area contributed by atoms with Gasteiger partial charge in [0.2, 0.25) is 0 Å². The van der Waals surface area contributed by atoms with E-state index in [9.17, 15) is 19.2 Å². The van der Waals surface area contributed by atoms with E-state index < -0.39 is 0 Å². The summed E-state index contributed by atoms with van der Waals surface area (Å²) in [5.74, 6) is 0.0693. The molecule has 78 heavy (non-hydrogen) atoms. The molecule has 2 aliphatic heterocycles. The molecule has 374 valence electrons. The number of aryl methyl sites for hydroxylation is 2. The highest BCUT2D eigenvalue weighted by Crippen LogP contribution is 2.50. The Hall–Kier alpha value is -8.90.